The Kier molecular flexibility index (Phi) is 7.54. The lowest BCUT2D eigenvalue weighted by Crippen LogP contribution is -2.51. The molecule has 0 spiro atoms. The molecule has 1 aliphatic heterocycles. The van der Waals surface area contributed by atoms with E-state index in [0.717, 1.165) is 6.07 Å². The summed E-state index contributed by atoms with van der Waals surface area (Å²) in [5.41, 5.74) is -0.209. The van der Waals surface area contributed by atoms with Crippen molar-refractivity contribution in [2.24, 2.45) is 0 Å². The third kappa shape index (κ3) is 5.68. The van der Waals surface area contributed by atoms with Gasteiger partial charge in [0.1, 0.15) is 12.4 Å². The number of piperazine rings is 1. The summed E-state index contributed by atoms with van der Waals surface area (Å²) in [5.74, 6) is -2.83. The van der Waals surface area contributed by atoms with Crippen LogP contribution in [0.2, 0.25) is 0 Å². The molecular weight excluding hydrogens is 441 g/mol. The molecule has 170 valence electrons. The number of esters is 1. The van der Waals surface area contributed by atoms with Crippen molar-refractivity contribution in [3.63, 3.8) is 0 Å². The summed E-state index contributed by atoms with van der Waals surface area (Å²) in [4.78, 5) is 37.6. The van der Waals surface area contributed by atoms with Gasteiger partial charge in [0, 0.05) is 26.2 Å². The minimum atomic E-state index is -3.64. The Morgan fingerprint density at radius 1 is 0.938 bits per heavy atom. The number of rotatable bonds is 7. The van der Waals surface area contributed by atoms with Crippen LogP contribution in [0.3, 0.4) is 0 Å². The van der Waals surface area contributed by atoms with E-state index in [9.17, 15) is 27.2 Å². The van der Waals surface area contributed by atoms with Gasteiger partial charge in [0.15, 0.2) is 6.61 Å². The number of nitrogens with zero attached hydrogens (tertiary/aromatic N) is 2. The molecule has 0 radical (unpaired) electrons. The van der Waals surface area contributed by atoms with E-state index in [2.05, 4.69) is 5.32 Å². The van der Waals surface area contributed by atoms with Crippen LogP contribution in [-0.2, 0) is 24.3 Å². The third-order valence-corrected chi connectivity index (χ3v) is 6.75. The van der Waals surface area contributed by atoms with Crippen LogP contribution in [0, 0.1) is 5.82 Å². The van der Waals surface area contributed by atoms with E-state index in [4.69, 9.17) is 4.74 Å². The number of carbonyl (C=O) groups excluding carboxylic acids is 3. The molecule has 3 rings (SSSR count). The standard InChI is InChI=1S/C21H22FN3O6S/c22-18-9-5-4-8-17(18)21(28)23-14-20(27)31-15-19(26)24-10-12-25(13-11-24)32(29,30)16-6-2-1-3-7-16/h1-9H,10-15H2,(H,23,28). The van der Waals surface area contributed by atoms with Gasteiger partial charge < -0.3 is 15.0 Å². The van der Waals surface area contributed by atoms with Crippen molar-refractivity contribution in [1.82, 2.24) is 14.5 Å². The predicted molar refractivity (Wildman–Crippen MR) is 111 cm³/mol. The summed E-state index contributed by atoms with van der Waals surface area (Å²) in [6.07, 6.45) is 0. The van der Waals surface area contributed by atoms with Crippen LogP contribution in [-0.4, -0.2) is 74.7 Å². The first-order chi connectivity index (χ1) is 15.3. The maximum atomic E-state index is 13.6. The normalized spacial score (nSPS) is 14.6. The van der Waals surface area contributed by atoms with Crippen molar-refractivity contribution in [3.05, 3.63) is 66.0 Å². The molecule has 0 aliphatic carbocycles. The lowest BCUT2D eigenvalue weighted by atomic mass is 10.2. The minimum absolute atomic E-state index is 0.121. The average molecular weight is 463 g/mol. The van der Waals surface area contributed by atoms with E-state index in [1.54, 1.807) is 18.2 Å². The van der Waals surface area contributed by atoms with Crippen LogP contribution in [0.5, 0.6) is 0 Å². The molecule has 1 fully saturated rings. The summed E-state index contributed by atoms with van der Waals surface area (Å²) in [6, 6.07) is 13.3. The molecule has 0 unspecified atom stereocenters. The zero-order valence-electron chi connectivity index (χ0n) is 17.1. The second kappa shape index (κ2) is 10.3. The molecule has 0 bridgehead atoms. The predicted octanol–water partition coefficient (Wildman–Crippen LogP) is 0.632. The zero-order chi connectivity index (χ0) is 23.1. The van der Waals surface area contributed by atoms with Gasteiger partial charge in [-0.2, -0.15) is 4.31 Å². The van der Waals surface area contributed by atoms with Gasteiger partial charge in [-0.15, -0.1) is 0 Å². The van der Waals surface area contributed by atoms with E-state index in [1.807, 2.05) is 0 Å². The number of sulfonamides is 1. The van der Waals surface area contributed by atoms with Crippen molar-refractivity contribution < 1.29 is 31.9 Å². The van der Waals surface area contributed by atoms with Gasteiger partial charge in [0.05, 0.1) is 10.5 Å². The number of hydrogen-bond acceptors (Lipinski definition) is 6. The van der Waals surface area contributed by atoms with Gasteiger partial charge in [0.2, 0.25) is 10.0 Å². The zero-order valence-corrected chi connectivity index (χ0v) is 17.9. The molecule has 2 aromatic carbocycles. The maximum Gasteiger partial charge on any atom is 0.325 e. The van der Waals surface area contributed by atoms with E-state index < -0.39 is 46.8 Å². The van der Waals surface area contributed by atoms with Crippen LogP contribution < -0.4 is 5.32 Å². The Bertz CT molecular complexity index is 1090. The first-order valence-electron chi connectivity index (χ1n) is 9.80. The molecule has 32 heavy (non-hydrogen) atoms. The topological polar surface area (TPSA) is 113 Å². The van der Waals surface area contributed by atoms with Crippen molar-refractivity contribution in [3.8, 4) is 0 Å². The highest BCUT2D eigenvalue weighted by Crippen LogP contribution is 2.17. The molecule has 0 aromatic heterocycles. The first-order valence-corrected chi connectivity index (χ1v) is 11.2. The van der Waals surface area contributed by atoms with E-state index in [-0.39, 0.29) is 36.6 Å². The maximum absolute atomic E-state index is 13.6. The summed E-state index contributed by atoms with van der Waals surface area (Å²) in [5, 5.41) is 2.23. The van der Waals surface area contributed by atoms with E-state index in [1.165, 1.54) is 39.5 Å². The first kappa shape index (κ1) is 23.4. The lowest BCUT2D eigenvalue weighted by molar-refractivity contribution is -0.151. The molecule has 2 aromatic rings. The third-order valence-electron chi connectivity index (χ3n) is 4.84. The number of nitrogens with one attached hydrogen (secondary N) is 1. The number of halogens is 1. The Morgan fingerprint density at radius 2 is 1.56 bits per heavy atom. The highest BCUT2D eigenvalue weighted by Gasteiger charge is 2.30. The van der Waals surface area contributed by atoms with Gasteiger partial charge in [-0.3, -0.25) is 14.4 Å². The van der Waals surface area contributed by atoms with Crippen LogP contribution >= 0.6 is 0 Å². The average Bonchev–Trinajstić information content (AvgIpc) is 2.82. The Morgan fingerprint density at radius 3 is 2.22 bits per heavy atom. The van der Waals surface area contributed by atoms with Crippen LogP contribution in [0.15, 0.2) is 59.5 Å². The Labute approximate surface area is 184 Å². The highest BCUT2D eigenvalue weighted by molar-refractivity contribution is 7.89. The minimum Gasteiger partial charge on any atom is -0.454 e. The van der Waals surface area contributed by atoms with Crippen LogP contribution in [0.4, 0.5) is 4.39 Å². The smallest absolute Gasteiger partial charge is 0.325 e. The summed E-state index contributed by atoms with van der Waals surface area (Å²) in [6.45, 7) is -0.506. The number of carbonyl (C=O) groups is 3. The molecule has 9 nitrogen and oxygen atoms in total. The van der Waals surface area contributed by atoms with Gasteiger partial charge >= 0.3 is 5.97 Å². The lowest BCUT2D eigenvalue weighted by Gasteiger charge is -2.33. The van der Waals surface area contributed by atoms with E-state index >= 15 is 0 Å². The largest absolute Gasteiger partial charge is 0.454 e. The van der Waals surface area contributed by atoms with Gasteiger partial charge in [-0.05, 0) is 24.3 Å². The quantitative estimate of drug-likeness (QED) is 0.603. The van der Waals surface area contributed by atoms with Crippen molar-refractivity contribution in [2.45, 2.75) is 4.90 Å². The Balaban J connectivity index is 1.42. The van der Waals surface area contributed by atoms with Crippen molar-refractivity contribution in [1.29, 1.82) is 0 Å². The molecule has 11 heteroatoms. The second-order valence-electron chi connectivity index (χ2n) is 6.92. The summed E-state index contributed by atoms with van der Waals surface area (Å²) in [7, 11) is -3.64. The van der Waals surface area contributed by atoms with Gasteiger partial charge in [-0.1, -0.05) is 30.3 Å². The SMILES string of the molecule is O=C(CNC(=O)c1ccccc1F)OCC(=O)N1CCN(S(=O)(=O)c2ccccc2)CC1. The fourth-order valence-corrected chi connectivity index (χ4v) is 4.54. The van der Waals surface area contributed by atoms with Crippen LogP contribution in [0.1, 0.15) is 10.4 Å². The molecule has 1 heterocycles. The Hall–Kier alpha value is -3.31. The fourth-order valence-electron chi connectivity index (χ4n) is 3.10. The van der Waals surface area contributed by atoms with Gasteiger partial charge in [0.25, 0.3) is 11.8 Å². The molecule has 1 N–H and O–H groups in total. The fraction of sp³-hybridized carbons (Fsp3) is 0.286. The summed E-state index contributed by atoms with van der Waals surface area (Å²) >= 11 is 0. The monoisotopic (exact) mass is 463 g/mol. The van der Waals surface area contributed by atoms with Crippen molar-refractivity contribution in [2.75, 3.05) is 39.3 Å². The molecule has 1 aliphatic rings. The number of hydrogen-bond donors (Lipinski definition) is 1. The highest BCUT2D eigenvalue weighted by atomic mass is 32.2. The molecule has 2 amide bonds. The second-order valence-corrected chi connectivity index (χ2v) is 8.86. The van der Waals surface area contributed by atoms with E-state index in [0.29, 0.717) is 0 Å². The molecule has 0 atom stereocenters. The molecule has 1 saturated heterocycles. The number of ether oxygens (including phenoxy) is 1. The van der Waals surface area contributed by atoms with Crippen molar-refractivity contribution >= 4 is 27.8 Å². The number of benzene rings is 2. The number of amides is 2. The molecule has 0 saturated carbocycles. The van der Waals surface area contributed by atoms with Gasteiger partial charge in [-0.25, -0.2) is 12.8 Å². The van der Waals surface area contributed by atoms with Crippen LogP contribution in [0.25, 0.3) is 0 Å². The summed E-state index contributed by atoms with van der Waals surface area (Å²) < 4.78 is 45.0. The molecular formula is C21H22FN3O6S.